The summed E-state index contributed by atoms with van der Waals surface area (Å²) in [6.45, 7) is 1.18. The second kappa shape index (κ2) is 7.16. The summed E-state index contributed by atoms with van der Waals surface area (Å²) in [7, 11) is 0. The lowest BCUT2D eigenvalue weighted by atomic mass is 9.80. The molecule has 5 heteroatoms. The second-order valence-electron chi connectivity index (χ2n) is 6.67. The van der Waals surface area contributed by atoms with Crippen LogP contribution in [0.5, 0.6) is 0 Å². The van der Waals surface area contributed by atoms with Crippen molar-refractivity contribution in [3.63, 3.8) is 0 Å². The molecule has 0 aromatic heterocycles. The maximum Gasteiger partial charge on any atom is 0.306 e. The van der Waals surface area contributed by atoms with Gasteiger partial charge in [0.05, 0.1) is 5.92 Å². The molecule has 1 N–H and O–H groups in total. The van der Waals surface area contributed by atoms with Crippen LogP contribution in [0.3, 0.4) is 0 Å². The van der Waals surface area contributed by atoms with E-state index in [2.05, 4.69) is 0 Å². The molecule has 0 bridgehead atoms. The highest BCUT2D eigenvalue weighted by atomic mass is 19.1. The van der Waals surface area contributed by atoms with Crippen molar-refractivity contribution in [3.05, 3.63) is 41.7 Å². The molecule has 1 aliphatic carbocycles. The Morgan fingerprint density at radius 3 is 2.46 bits per heavy atom. The lowest BCUT2D eigenvalue weighted by Crippen LogP contribution is -2.41. The highest BCUT2D eigenvalue weighted by molar-refractivity contribution is 5.81. The van der Waals surface area contributed by atoms with E-state index in [1.165, 1.54) is 12.1 Å². The van der Waals surface area contributed by atoms with Gasteiger partial charge in [-0.15, -0.1) is 0 Å². The summed E-state index contributed by atoms with van der Waals surface area (Å²) in [6, 6.07) is 6.41. The molecule has 2 unspecified atom stereocenters. The quantitative estimate of drug-likeness (QED) is 0.924. The van der Waals surface area contributed by atoms with Crippen LogP contribution in [-0.2, 0) is 9.59 Å². The molecule has 0 saturated heterocycles. The van der Waals surface area contributed by atoms with Crippen LogP contribution in [0.1, 0.15) is 37.7 Å². The molecule has 1 aliphatic heterocycles. The Balaban J connectivity index is 1.62. The molecule has 1 amide bonds. The summed E-state index contributed by atoms with van der Waals surface area (Å²) in [5.41, 5.74) is 2.12. The van der Waals surface area contributed by atoms with Gasteiger partial charge >= 0.3 is 5.97 Å². The third kappa shape index (κ3) is 3.66. The van der Waals surface area contributed by atoms with Gasteiger partial charge < -0.3 is 10.0 Å². The van der Waals surface area contributed by atoms with E-state index in [1.807, 2.05) is 11.0 Å². The van der Waals surface area contributed by atoms with Gasteiger partial charge in [0.15, 0.2) is 0 Å². The zero-order chi connectivity index (χ0) is 17.1. The molecule has 1 aromatic rings. The van der Waals surface area contributed by atoms with E-state index in [1.54, 1.807) is 12.1 Å². The largest absolute Gasteiger partial charge is 0.481 e. The van der Waals surface area contributed by atoms with E-state index in [9.17, 15) is 14.0 Å². The normalized spacial score (nSPS) is 24.4. The zero-order valence-electron chi connectivity index (χ0n) is 13.6. The van der Waals surface area contributed by atoms with E-state index in [0.29, 0.717) is 25.9 Å². The molecule has 0 radical (unpaired) electrons. The van der Waals surface area contributed by atoms with Crippen LogP contribution in [0.25, 0.3) is 5.57 Å². The molecule has 3 rings (SSSR count). The molecule has 1 fully saturated rings. The van der Waals surface area contributed by atoms with Gasteiger partial charge in [0, 0.05) is 19.0 Å². The maximum atomic E-state index is 13.0. The molecule has 2 atom stereocenters. The molecule has 1 heterocycles. The number of halogens is 1. The number of benzene rings is 1. The van der Waals surface area contributed by atoms with Gasteiger partial charge in [-0.25, -0.2) is 4.39 Å². The average Bonchev–Trinajstić information content (AvgIpc) is 2.62. The van der Waals surface area contributed by atoms with Crippen LogP contribution in [-0.4, -0.2) is 35.0 Å². The van der Waals surface area contributed by atoms with Crippen LogP contribution in [0.15, 0.2) is 30.3 Å². The number of nitrogens with zero attached hydrogens (tertiary/aromatic N) is 1. The number of carboxylic acid groups (broad SMARTS) is 1. The maximum absolute atomic E-state index is 13.0. The lowest BCUT2D eigenvalue weighted by molar-refractivity contribution is -0.145. The smallest absolute Gasteiger partial charge is 0.306 e. The van der Waals surface area contributed by atoms with Crippen LogP contribution >= 0.6 is 0 Å². The first-order chi connectivity index (χ1) is 11.5. The molecule has 1 saturated carbocycles. The highest BCUT2D eigenvalue weighted by Crippen LogP contribution is 2.32. The molecule has 128 valence electrons. The van der Waals surface area contributed by atoms with Crippen molar-refractivity contribution in [2.24, 2.45) is 11.8 Å². The predicted molar refractivity (Wildman–Crippen MR) is 88.7 cm³/mol. The summed E-state index contributed by atoms with van der Waals surface area (Å²) >= 11 is 0. The Kier molecular flexibility index (Phi) is 4.97. The number of carbonyl (C=O) groups excluding carboxylic acids is 1. The first-order valence-electron chi connectivity index (χ1n) is 8.51. The number of rotatable bonds is 3. The van der Waals surface area contributed by atoms with Crippen molar-refractivity contribution in [1.82, 2.24) is 4.90 Å². The van der Waals surface area contributed by atoms with Crippen LogP contribution < -0.4 is 0 Å². The zero-order valence-corrected chi connectivity index (χ0v) is 13.6. The van der Waals surface area contributed by atoms with E-state index >= 15 is 0 Å². The van der Waals surface area contributed by atoms with Crippen LogP contribution in [0.4, 0.5) is 4.39 Å². The monoisotopic (exact) mass is 331 g/mol. The Hall–Kier alpha value is -2.17. The Labute approximate surface area is 141 Å². The van der Waals surface area contributed by atoms with Gasteiger partial charge in [0.25, 0.3) is 0 Å². The van der Waals surface area contributed by atoms with Crippen molar-refractivity contribution in [1.29, 1.82) is 0 Å². The number of carboxylic acids is 1. The number of aliphatic carboxylic acids is 1. The third-order valence-electron chi connectivity index (χ3n) is 5.11. The van der Waals surface area contributed by atoms with Crippen molar-refractivity contribution >= 4 is 17.4 Å². The first-order valence-corrected chi connectivity index (χ1v) is 8.51. The van der Waals surface area contributed by atoms with E-state index in [4.69, 9.17) is 5.11 Å². The molecule has 4 nitrogen and oxygen atoms in total. The van der Waals surface area contributed by atoms with Crippen LogP contribution in [0.2, 0.25) is 0 Å². The van der Waals surface area contributed by atoms with Gasteiger partial charge in [0.1, 0.15) is 5.82 Å². The summed E-state index contributed by atoms with van der Waals surface area (Å²) in [5, 5.41) is 9.17. The molecular weight excluding hydrogens is 309 g/mol. The minimum absolute atomic E-state index is 0.0790. The second-order valence-corrected chi connectivity index (χ2v) is 6.67. The fourth-order valence-corrected chi connectivity index (χ4v) is 3.69. The van der Waals surface area contributed by atoms with E-state index in [0.717, 1.165) is 30.4 Å². The Morgan fingerprint density at radius 1 is 1.12 bits per heavy atom. The molecule has 0 spiro atoms. The van der Waals surface area contributed by atoms with Gasteiger partial charge in [0.2, 0.25) is 5.91 Å². The van der Waals surface area contributed by atoms with E-state index in [-0.39, 0.29) is 23.6 Å². The standard InChI is InChI=1S/C19H22FNO3/c20-17-6-4-13(5-7-17)14-8-10-21(11-9-14)18(22)15-2-1-3-16(12-15)19(23)24/h4-8,15-16H,1-3,9-12H2,(H,23,24). The van der Waals surface area contributed by atoms with Gasteiger partial charge in [-0.3, -0.25) is 9.59 Å². The third-order valence-corrected chi connectivity index (χ3v) is 5.11. The average molecular weight is 331 g/mol. The Bertz CT molecular complexity index is 653. The van der Waals surface area contributed by atoms with Crippen molar-refractivity contribution in [2.75, 3.05) is 13.1 Å². The number of carbonyl (C=O) groups is 2. The minimum Gasteiger partial charge on any atom is -0.481 e. The fraction of sp³-hybridized carbons (Fsp3) is 0.474. The summed E-state index contributed by atoms with van der Waals surface area (Å²) in [5.74, 6) is -1.51. The highest BCUT2D eigenvalue weighted by Gasteiger charge is 2.33. The first kappa shape index (κ1) is 16.7. The molecule has 1 aromatic carbocycles. The van der Waals surface area contributed by atoms with E-state index < -0.39 is 5.97 Å². The topological polar surface area (TPSA) is 57.6 Å². The molecule has 24 heavy (non-hydrogen) atoms. The number of amides is 1. The fourth-order valence-electron chi connectivity index (χ4n) is 3.69. The number of hydrogen-bond donors (Lipinski definition) is 1. The van der Waals surface area contributed by atoms with Crippen LogP contribution in [0, 0.1) is 17.7 Å². The predicted octanol–water partition coefficient (Wildman–Crippen LogP) is 3.33. The van der Waals surface area contributed by atoms with Crippen molar-refractivity contribution in [2.45, 2.75) is 32.1 Å². The summed E-state index contributed by atoms with van der Waals surface area (Å²) < 4.78 is 13.0. The van der Waals surface area contributed by atoms with Gasteiger partial charge in [-0.1, -0.05) is 24.6 Å². The van der Waals surface area contributed by atoms with Crippen molar-refractivity contribution < 1.29 is 19.1 Å². The summed E-state index contributed by atoms with van der Waals surface area (Å²) in [6.07, 6.45) is 5.48. The van der Waals surface area contributed by atoms with Gasteiger partial charge in [-0.05, 0) is 49.0 Å². The lowest BCUT2D eigenvalue weighted by Gasteiger charge is -2.33. The summed E-state index contributed by atoms with van der Waals surface area (Å²) in [4.78, 5) is 25.6. The SMILES string of the molecule is O=C(O)C1CCCC(C(=O)N2CC=C(c3ccc(F)cc3)CC2)C1. The number of hydrogen-bond acceptors (Lipinski definition) is 2. The Morgan fingerprint density at radius 2 is 1.83 bits per heavy atom. The minimum atomic E-state index is -0.787. The van der Waals surface area contributed by atoms with Crippen molar-refractivity contribution in [3.8, 4) is 0 Å². The molecule has 2 aliphatic rings. The molecular formula is C19H22FNO3. The van der Waals surface area contributed by atoms with Gasteiger partial charge in [-0.2, -0.15) is 0 Å².